The number of rotatable bonds is 4. The average molecular weight is 381 g/mol. The Kier molecular flexibility index (Phi) is 4.48. The van der Waals surface area contributed by atoms with Crippen molar-refractivity contribution in [2.24, 2.45) is 0 Å². The monoisotopic (exact) mass is 381 g/mol. The minimum Gasteiger partial charge on any atom is -0.496 e. The van der Waals surface area contributed by atoms with Gasteiger partial charge in [0.2, 0.25) is 0 Å². The van der Waals surface area contributed by atoms with Crippen LogP contribution < -0.4 is 14.4 Å². The molecule has 1 aromatic heterocycles. The van der Waals surface area contributed by atoms with Crippen molar-refractivity contribution in [1.29, 1.82) is 0 Å². The normalized spacial score (nSPS) is 16.0. The summed E-state index contributed by atoms with van der Waals surface area (Å²) >= 11 is 0. The molecule has 144 valence electrons. The van der Waals surface area contributed by atoms with Gasteiger partial charge >= 0.3 is 0 Å². The van der Waals surface area contributed by atoms with Crippen LogP contribution in [0.1, 0.15) is 17.2 Å². The van der Waals surface area contributed by atoms with Crippen molar-refractivity contribution in [2.75, 3.05) is 25.7 Å². The molecule has 28 heavy (non-hydrogen) atoms. The van der Waals surface area contributed by atoms with Crippen LogP contribution in [0.15, 0.2) is 42.6 Å². The Morgan fingerprint density at radius 3 is 2.64 bits per heavy atom. The van der Waals surface area contributed by atoms with Gasteiger partial charge in [-0.15, -0.1) is 0 Å². The molecule has 0 saturated carbocycles. The molecule has 0 fully saturated rings. The first kappa shape index (κ1) is 18.0. The molecule has 0 saturated heterocycles. The summed E-state index contributed by atoms with van der Waals surface area (Å²) in [5.74, 6) is 1.26. The standard InChI is InChI=1S/C20H19N3O5/c1-27-17-7-8-18(28-2)19-13(17)10-22(11-16(19)24)15-6-5-14(23(25)26)12-4-3-9-21-20(12)15/h3-9,16,24H,10-11H2,1-2H3/t16-/m1/s1. The number of β-amino-alcohol motifs (C(OH)–C–C–N with tert-alkyl or cyclic N) is 1. The Balaban J connectivity index is 1.85. The minimum atomic E-state index is -0.803. The number of anilines is 1. The van der Waals surface area contributed by atoms with Gasteiger partial charge in [-0.25, -0.2) is 0 Å². The van der Waals surface area contributed by atoms with E-state index in [0.717, 1.165) is 11.3 Å². The van der Waals surface area contributed by atoms with Gasteiger partial charge in [-0.1, -0.05) is 0 Å². The van der Waals surface area contributed by atoms with E-state index in [-0.39, 0.29) is 5.69 Å². The molecule has 0 unspecified atom stereocenters. The maximum absolute atomic E-state index is 11.4. The summed E-state index contributed by atoms with van der Waals surface area (Å²) < 4.78 is 10.9. The predicted octanol–water partition coefficient (Wildman–Crippen LogP) is 3.21. The summed E-state index contributed by atoms with van der Waals surface area (Å²) in [6.07, 6.45) is 0.802. The van der Waals surface area contributed by atoms with E-state index in [1.165, 1.54) is 6.07 Å². The molecule has 0 amide bonds. The topological polar surface area (TPSA) is 98.0 Å². The van der Waals surface area contributed by atoms with E-state index in [0.29, 0.717) is 41.1 Å². The van der Waals surface area contributed by atoms with E-state index >= 15 is 0 Å². The fourth-order valence-electron chi connectivity index (χ4n) is 3.82. The summed E-state index contributed by atoms with van der Waals surface area (Å²) in [6, 6.07) is 10.1. The van der Waals surface area contributed by atoms with Crippen LogP contribution in [0.3, 0.4) is 0 Å². The van der Waals surface area contributed by atoms with Gasteiger partial charge in [0.05, 0.1) is 30.2 Å². The second kappa shape index (κ2) is 6.97. The Morgan fingerprint density at radius 1 is 1.18 bits per heavy atom. The second-order valence-corrected chi connectivity index (χ2v) is 6.52. The fourth-order valence-corrected chi connectivity index (χ4v) is 3.82. The van der Waals surface area contributed by atoms with Crippen molar-refractivity contribution >= 4 is 22.3 Å². The third-order valence-corrected chi connectivity index (χ3v) is 5.05. The number of benzene rings is 2. The number of ether oxygens (including phenoxy) is 2. The van der Waals surface area contributed by atoms with Gasteiger partial charge in [-0.05, 0) is 30.3 Å². The number of pyridine rings is 1. The molecular formula is C20H19N3O5. The maximum Gasteiger partial charge on any atom is 0.278 e. The Morgan fingerprint density at radius 2 is 1.93 bits per heavy atom. The Labute approximate surface area is 161 Å². The maximum atomic E-state index is 11.4. The average Bonchev–Trinajstić information content (AvgIpc) is 2.71. The summed E-state index contributed by atoms with van der Waals surface area (Å²) in [5, 5.41) is 22.7. The van der Waals surface area contributed by atoms with Gasteiger partial charge in [0.1, 0.15) is 23.1 Å². The third-order valence-electron chi connectivity index (χ3n) is 5.05. The summed E-state index contributed by atoms with van der Waals surface area (Å²) in [6.45, 7) is 0.760. The van der Waals surface area contributed by atoms with Gasteiger partial charge in [-0.2, -0.15) is 0 Å². The number of hydrogen-bond acceptors (Lipinski definition) is 7. The van der Waals surface area contributed by atoms with E-state index in [4.69, 9.17) is 9.47 Å². The number of aliphatic hydroxyl groups is 1. The molecule has 4 rings (SSSR count). The van der Waals surface area contributed by atoms with Gasteiger partial charge in [0.15, 0.2) is 0 Å². The van der Waals surface area contributed by atoms with Crippen LogP contribution in [-0.2, 0) is 6.54 Å². The molecule has 1 atom stereocenters. The number of hydrogen-bond donors (Lipinski definition) is 1. The molecule has 2 heterocycles. The van der Waals surface area contributed by atoms with Crippen molar-refractivity contribution in [3.63, 3.8) is 0 Å². The first-order valence-electron chi connectivity index (χ1n) is 8.74. The van der Waals surface area contributed by atoms with Gasteiger partial charge in [0.25, 0.3) is 5.69 Å². The highest BCUT2D eigenvalue weighted by molar-refractivity contribution is 5.97. The van der Waals surface area contributed by atoms with Crippen LogP contribution in [0.4, 0.5) is 11.4 Å². The van der Waals surface area contributed by atoms with Crippen LogP contribution >= 0.6 is 0 Å². The zero-order valence-electron chi connectivity index (χ0n) is 15.5. The lowest BCUT2D eigenvalue weighted by Gasteiger charge is -2.35. The third kappa shape index (κ3) is 2.78. The number of nitro groups is 1. The summed E-state index contributed by atoms with van der Waals surface area (Å²) in [5.41, 5.74) is 2.77. The van der Waals surface area contributed by atoms with Crippen LogP contribution in [0.25, 0.3) is 10.9 Å². The smallest absolute Gasteiger partial charge is 0.278 e. The molecular weight excluding hydrogens is 362 g/mol. The number of non-ortho nitro benzene ring substituents is 1. The first-order valence-corrected chi connectivity index (χ1v) is 8.74. The quantitative estimate of drug-likeness (QED) is 0.547. The van der Waals surface area contributed by atoms with Gasteiger partial charge < -0.3 is 19.5 Å². The SMILES string of the molecule is COc1ccc(OC)c2c1CN(c1ccc([N+](=O)[O-])c3cccnc13)C[C@H]2O. The molecule has 3 aromatic rings. The highest BCUT2D eigenvalue weighted by Gasteiger charge is 2.31. The van der Waals surface area contributed by atoms with Gasteiger partial charge in [-0.3, -0.25) is 15.1 Å². The molecule has 1 N–H and O–H groups in total. The molecule has 1 aliphatic heterocycles. The zero-order chi connectivity index (χ0) is 19.8. The molecule has 0 spiro atoms. The number of nitrogens with zero attached hydrogens (tertiary/aromatic N) is 3. The van der Waals surface area contributed by atoms with Crippen LogP contribution in [0, 0.1) is 10.1 Å². The number of aromatic nitrogens is 1. The highest BCUT2D eigenvalue weighted by atomic mass is 16.6. The molecule has 0 radical (unpaired) electrons. The summed E-state index contributed by atoms with van der Waals surface area (Å²) in [7, 11) is 3.14. The van der Waals surface area contributed by atoms with E-state index in [2.05, 4.69) is 4.98 Å². The molecule has 8 nitrogen and oxygen atoms in total. The lowest BCUT2D eigenvalue weighted by Crippen LogP contribution is -2.34. The Hall–Kier alpha value is -3.39. The van der Waals surface area contributed by atoms with E-state index in [1.54, 1.807) is 50.7 Å². The van der Waals surface area contributed by atoms with Crippen LogP contribution in [0.5, 0.6) is 11.5 Å². The van der Waals surface area contributed by atoms with Crippen molar-refractivity contribution < 1.29 is 19.5 Å². The number of aliphatic hydroxyl groups excluding tert-OH is 1. The van der Waals surface area contributed by atoms with Crippen molar-refractivity contribution in [3.05, 3.63) is 63.8 Å². The highest BCUT2D eigenvalue weighted by Crippen LogP contribution is 2.42. The first-order chi connectivity index (χ1) is 13.5. The minimum absolute atomic E-state index is 0.00376. The molecule has 1 aliphatic rings. The second-order valence-electron chi connectivity index (χ2n) is 6.52. The van der Waals surface area contributed by atoms with E-state index < -0.39 is 11.0 Å². The van der Waals surface area contributed by atoms with E-state index in [1.807, 2.05) is 4.90 Å². The lowest BCUT2D eigenvalue weighted by molar-refractivity contribution is -0.383. The van der Waals surface area contributed by atoms with Crippen LogP contribution in [0.2, 0.25) is 0 Å². The lowest BCUT2D eigenvalue weighted by atomic mass is 9.94. The molecule has 0 aliphatic carbocycles. The fraction of sp³-hybridized carbons (Fsp3) is 0.250. The molecule has 2 aromatic carbocycles. The Bertz CT molecular complexity index is 1070. The number of fused-ring (bicyclic) bond motifs is 2. The number of nitro benzene ring substituents is 1. The molecule has 8 heteroatoms. The van der Waals surface area contributed by atoms with E-state index in [9.17, 15) is 15.2 Å². The largest absolute Gasteiger partial charge is 0.496 e. The predicted molar refractivity (Wildman–Crippen MR) is 104 cm³/mol. The zero-order valence-corrected chi connectivity index (χ0v) is 15.5. The molecule has 0 bridgehead atoms. The van der Waals surface area contributed by atoms with Crippen molar-refractivity contribution in [1.82, 2.24) is 4.98 Å². The summed E-state index contributed by atoms with van der Waals surface area (Å²) in [4.78, 5) is 17.3. The van der Waals surface area contributed by atoms with Gasteiger partial charge in [0, 0.05) is 36.5 Å². The number of methoxy groups -OCH3 is 2. The van der Waals surface area contributed by atoms with Crippen molar-refractivity contribution in [3.8, 4) is 11.5 Å². The van der Waals surface area contributed by atoms with Crippen LogP contribution in [-0.4, -0.2) is 35.8 Å². The van der Waals surface area contributed by atoms with Crippen molar-refractivity contribution in [2.45, 2.75) is 12.6 Å².